The van der Waals surface area contributed by atoms with Gasteiger partial charge in [0.15, 0.2) is 0 Å². The highest BCUT2D eigenvalue weighted by Gasteiger charge is 2.01. The molecule has 0 saturated carbocycles. The number of methoxy groups -OCH3 is 1. The van der Waals surface area contributed by atoms with Gasteiger partial charge in [-0.15, -0.1) is 11.6 Å². The van der Waals surface area contributed by atoms with Gasteiger partial charge in [0.1, 0.15) is 5.75 Å². The molecule has 4 heteroatoms. The lowest BCUT2D eigenvalue weighted by Crippen LogP contribution is -1.89. The molecule has 2 heterocycles. The van der Waals surface area contributed by atoms with E-state index in [4.69, 9.17) is 16.3 Å². The van der Waals surface area contributed by atoms with Crippen molar-refractivity contribution in [1.29, 1.82) is 0 Å². The van der Waals surface area contributed by atoms with Gasteiger partial charge in [-0.1, -0.05) is 6.07 Å². The smallest absolute Gasteiger partial charge is 0.137 e. The fourth-order valence-electron chi connectivity index (χ4n) is 1.34. The van der Waals surface area contributed by atoms with Crippen molar-refractivity contribution in [2.45, 2.75) is 5.88 Å². The van der Waals surface area contributed by atoms with E-state index in [-0.39, 0.29) is 0 Å². The second kappa shape index (κ2) is 4.94. The Morgan fingerprint density at radius 1 is 1.25 bits per heavy atom. The zero-order valence-electron chi connectivity index (χ0n) is 8.85. The SMILES string of the molecule is COc1cncc(-c2ccc(CCl)cn2)c1. The molecule has 0 amide bonds. The van der Waals surface area contributed by atoms with E-state index >= 15 is 0 Å². The molecule has 0 fully saturated rings. The number of rotatable bonds is 3. The molecule has 0 atom stereocenters. The Morgan fingerprint density at radius 2 is 2.12 bits per heavy atom. The van der Waals surface area contributed by atoms with Gasteiger partial charge in [-0.2, -0.15) is 0 Å². The summed E-state index contributed by atoms with van der Waals surface area (Å²) in [5.74, 6) is 1.20. The summed E-state index contributed by atoms with van der Waals surface area (Å²) in [7, 11) is 1.62. The van der Waals surface area contributed by atoms with Crippen molar-refractivity contribution in [1.82, 2.24) is 9.97 Å². The molecule has 0 saturated heterocycles. The quantitative estimate of drug-likeness (QED) is 0.766. The molecule has 82 valence electrons. The molecule has 0 spiro atoms. The highest BCUT2D eigenvalue weighted by atomic mass is 35.5. The summed E-state index contributed by atoms with van der Waals surface area (Å²) >= 11 is 5.70. The second-order valence-corrected chi connectivity index (χ2v) is 3.57. The van der Waals surface area contributed by atoms with E-state index in [0.29, 0.717) is 5.88 Å². The van der Waals surface area contributed by atoms with Gasteiger partial charge in [0.25, 0.3) is 0 Å². The van der Waals surface area contributed by atoms with Crippen molar-refractivity contribution in [2.24, 2.45) is 0 Å². The zero-order valence-corrected chi connectivity index (χ0v) is 9.61. The number of nitrogens with zero attached hydrogens (tertiary/aromatic N) is 2. The summed E-state index contributed by atoms with van der Waals surface area (Å²) in [4.78, 5) is 8.40. The molecule has 0 aliphatic rings. The average Bonchev–Trinajstić information content (AvgIpc) is 2.39. The van der Waals surface area contributed by atoms with Crippen LogP contribution in [0.2, 0.25) is 0 Å². The third-order valence-electron chi connectivity index (χ3n) is 2.22. The van der Waals surface area contributed by atoms with Crippen LogP contribution < -0.4 is 4.74 Å². The summed E-state index contributed by atoms with van der Waals surface area (Å²) in [5, 5.41) is 0. The predicted molar refractivity (Wildman–Crippen MR) is 63.6 cm³/mol. The summed E-state index contributed by atoms with van der Waals surface area (Å²) in [5.41, 5.74) is 2.79. The van der Waals surface area contributed by atoms with Crippen molar-refractivity contribution in [3.63, 3.8) is 0 Å². The number of hydrogen-bond acceptors (Lipinski definition) is 3. The molecule has 0 radical (unpaired) electrons. The predicted octanol–water partition coefficient (Wildman–Crippen LogP) is 2.89. The van der Waals surface area contributed by atoms with Gasteiger partial charge in [-0.25, -0.2) is 0 Å². The van der Waals surface area contributed by atoms with Gasteiger partial charge in [0.2, 0.25) is 0 Å². The van der Waals surface area contributed by atoms with Gasteiger partial charge < -0.3 is 4.74 Å². The fourth-order valence-corrected chi connectivity index (χ4v) is 1.50. The van der Waals surface area contributed by atoms with Gasteiger partial charge in [-0.05, 0) is 17.7 Å². The summed E-state index contributed by atoms with van der Waals surface area (Å²) in [6, 6.07) is 5.78. The Kier molecular flexibility index (Phi) is 3.37. The minimum absolute atomic E-state index is 0.476. The fraction of sp³-hybridized carbons (Fsp3) is 0.167. The Balaban J connectivity index is 2.34. The van der Waals surface area contributed by atoms with Crippen molar-refractivity contribution in [2.75, 3.05) is 7.11 Å². The number of halogens is 1. The van der Waals surface area contributed by atoms with E-state index in [2.05, 4.69) is 9.97 Å². The van der Waals surface area contributed by atoms with E-state index in [1.54, 1.807) is 25.7 Å². The van der Waals surface area contributed by atoms with E-state index in [1.165, 1.54) is 0 Å². The van der Waals surface area contributed by atoms with Crippen LogP contribution in [0.3, 0.4) is 0 Å². The van der Waals surface area contributed by atoms with E-state index in [1.807, 2.05) is 18.2 Å². The molecule has 2 aromatic rings. The molecule has 0 aliphatic carbocycles. The Hall–Kier alpha value is -1.61. The maximum Gasteiger partial charge on any atom is 0.137 e. The first-order valence-electron chi connectivity index (χ1n) is 4.84. The average molecular weight is 235 g/mol. The van der Waals surface area contributed by atoms with Crippen LogP contribution in [-0.2, 0) is 5.88 Å². The first-order chi connectivity index (χ1) is 7.83. The summed E-state index contributed by atoms with van der Waals surface area (Å²) in [6.07, 6.45) is 5.18. The minimum atomic E-state index is 0.476. The van der Waals surface area contributed by atoms with Crippen LogP contribution in [0.15, 0.2) is 36.8 Å². The number of ether oxygens (including phenoxy) is 1. The second-order valence-electron chi connectivity index (χ2n) is 3.30. The molecule has 2 rings (SSSR count). The number of hydrogen-bond donors (Lipinski definition) is 0. The first-order valence-corrected chi connectivity index (χ1v) is 5.37. The summed E-state index contributed by atoms with van der Waals surface area (Å²) < 4.78 is 5.11. The Morgan fingerprint density at radius 3 is 2.75 bits per heavy atom. The minimum Gasteiger partial charge on any atom is -0.495 e. The van der Waals surface area contributed by atoms with Crippen LogP contribution in [0, 0.1) is 0 Å². The molecule has 16 heavy (non-hydrogen) atoms. The van der Waals surface area contributed by atoms with Gasteiger partial charge in [0.05, 0.1) is 19.0 Å². The van der Waals surface area contributed by atoms with Crippen molar-refractivity contribution in [3.05, 3.63) is 42.4 Å². The standard InChI is InChI=1S/C12H11ClN2O/c1-16-11-4-10(7-14-8-11)12-3-2-9(5-13)6-15-12/h2-4,6-8H,5H2,1H3. The molecular formula is C12H11ClN2O. The molecule has 0 unspecified atom stereocenters. The molecule has 2 aromatic heterocycles. The van der Waals surface area contributed by atoms with Crippen molar-refractivity contribution < 1.29 is 4.74 Å². The Labute approximate surface area is 99.1 Å². The van der Waals surface area contributed by atoms with Crippen LogP contribution in [0.25, 0.3) is 11.3 Å². The first kappa shape index (κ1) is 10.9. The molecule has 3 nitrogen and oxygen atoms in total. The lowest BCUT2D eigenvalue weighted by atomic mass is 10.1. The van der Waals surface area contributed by atoms with Crippen LogP contribution in [-0.4, -0.2) is 17.1 Å². The van der Waals surface area contributed by atoms with Crippen molar-refractivity contribution >= 4 is 11.6 Å². The lowest BCUT2D eigenvalue weighted by Gasteiger charge is -2.03. The number of alkyl halides is 1. The zero-order chi connectivity index (χ0) is 11.4. The summed E-state index contributed by atoms with van der Waals surface area (Å²) in [6.45, 7) is 0. The molecule has 0 aliphatic heterocycles. The normalized spacial score (nSPS) is 10.1. The molecule has 0 N–H and O–H groups in total. The van der Waals surface area contributed by atoms with E-state index in [0.717, 1.165) is 22.6 Å². The van der Waals surface area contributed by atoms with Crippen LogP contribution in [0.4, 0.5) is 0 Å². The monoisotopic (exact) mass is 234 g/mol. The third-order valence-corrected chi connectivity index (χ3v) is 2.53. The number of aromatic nitrogens is 2. The van der Waals surface area contributed by atoms with Crippen LogP contribution in [0.1, 0.15) is 5.56 Å². The number of pyridine rings is 2. The Bertz CT molecular complexity index is 471. The molecule has 0 bridgehead atoms. The van der Waals surface area contributed by atoms with Gasteiger partial charge in [0, 0.05) is 23.8 Å². The van der Waals surface area contributed by atoms with Crippen LogP contribution >= 0.6 is 11.6 Å². The molecular weight excluding hydrogens is 224 g/mol. The topological polar surface area (TPSA) is 35.0 Å². The highest BCUT2D eigenvalue weighted by Crippen LogP contribution is 2.20. The van der Waals surface area contributed by atoms with Crippen molar-refractivity contribution in [3.8, 4) is 17.0 Å². The van der Waals surface area contributed by atoms with Crippen LogP contribution in [0.5, 0.6) is 5.75 Å². The lowest BCUT2D eigenvalue weighted by molar-refractivity contribution is 0.413. The van der Waals surface area contributed by atoms with E-state index in [9.17, 15) is 0 Å². The maximum atomic E-state index is 5.70. The molecule has 0 aromatic carbocycles. The van der Waals surface area contributed by atoms with E-state index < -0.39 is 0 Å². The maximum absolute atomic E-state index is 5.70. The van der Waals surface area contributed by atoms with Gasteiger partial charge >= 0.3 is 0 Å². The largest absolute Gasteiger partial charge is 0.495 e. The van der Waals surface area contributed by atoms with Gasteiger partial charge in [-0.3, -0.25) is 9.97 Å². The highest BCUT2D eigenvalue weighted by molar-refractivity contribution is 6.17. The third kappa shape index (κ3) is 2.31.